The predicted octanol–water partition coefficient (Wildman–Crippen LogP) is 1.71. The van der Waals surface area contributed by atoms with E-state index in [9.17, 15) is 14.4 Å². The maximum Gasteiger partial charge on any atom is 0.322 e. The number of hydrogen-bond acceptors (Lipinski definition) is 5. The van der Waals surface area contributed by atoms with Crippen molar-refractivity contribution in [3.05, 3.63) is 53.2 Å². The number of hydrogen-bond donors (Lipinski definition) is 3. The number of aromatic nitrogens is 1. The topological polar surface area (TPSA) is 109 Å². The Balaban J connectivity index is 1.87. The first-order valence-electron chi connectivity index (χ1n) is 7.90. The number of aryl methyl sites for hydroxylation is 1. The third-order valence-corrected chi connectivity index (χ3v) is 4.18. The molecule has 134 valence electrons. The highest BCUT2D eigenvalue weighted by molar-refractivity contribution is 6.08. The maximum atomic E-state index is 12.6. The first-order valence-corrected chi connectivity index (χ1v) is 7.90. The number of carbonyl (C=O) groups is 3. The van der Waals surface area contributed by atoms with Gasteiger partial charge >= 0.3 is 6.03 Å². The molecule has 2 aromatic rings. The third-order valence-electron chi connectivity index (χ3n) is 4.18. The van der Waals surface area contributed by atoms with Crippen molar-refractivity contribution in [3.8, 4) is 5.88 Å². The van der Waals surface area contributed by atoms with E-state index in [0.717, 1.165) is 5.69 Å². The zero-order chi connectivity index (χ0) is 18.9. The predicted molar refractivity (Wildman–Crippen MR) is 93.9 cm³/mol. The Kier molecular flexibility index (Phi) is 4.33. The lowest BCUT2D eigenvalue weighted by Gasteiger charge is -2.21. The van der Waals surface area contributed by atoms with Crippen LogP contribution in [0.5, 0.6) is 5.88 Å². The lowest BCUT2D eigenvalue weighted by molar-refractivity contribution is -0.123. The third kappa shape index (κ3) is 3.08. The molecule has 1 aliphatic rings. The molecule has 0 aliphatic carbocycles. The van der Waals surface area contributed by atoms with Gasteiger partial charge in [0, 0.05) is 11.4 Å². The molecule has 1 aromatic heterocycles. The molecule has 2 heterocycles. The van der Waals surface area contributed by atoms with Crippen LogP contribution in [0.4, 0.5) is 10.5 Å². The highest BCUT2D eigenvalue weighted by Crippen LogP contribution is 2.27. The van der Waals surface area contributed by atoms with Gasteiger partial charge in [-0.1, -0.05) is 12.1 Å². The molecule has 26 heavy (non-hydrogen) atoms. The van der Waals surface area contributed by atoms with Crippen molar-refractivity contribution in [2.45, 2.75) is 19.4 Å². The summed E-state index contributed by atoms with van der Waals surface area (Å²) in [5, 5.41) is 7.56. The minimum absolute atomic E-state index is 0.230. The van der Waals surface area contributed by atoms with Gasteiger partial charge in [-0.05, 0) is 43.7 Å². The molecule has 3 N–H and O–H groups in total. The number of methoxy groups -OCH3 is 1. The molecule has 0 bridgehead atoms. The Bertz CT molecular complexity index is 912. The van der Waals surface area contributed by atoms with Gasteiger partial charge in [-0.3, -0.25) is 14.9 Å². The summed E-state index contributed by atoms with van der Waals surface area (Å²) in [4.78, 5) is 40.3. The number of amides is 4. The lowest BCUT2D eigenvalue weighted by atomic mass is 9.92. The van der Waals surface area contributed by atoms with Gasteiger partial charge in [0.05, 0.1) is 7.11 Å². The molecule has 0 radical (unpaired) electrons. The molecular formula is C18H18N4O4. The number of benzene rings is 1. The molecule has 8 heteroatoms. The molecule has 3 rings (SSSR count). The molecule has 0 unspecified atom stereocenters. The van der Waals surface area contributed by atoms with Crippen LogP contribution in [0.15, 0.2) is 36.4 Å². The zero-order valence-corrected chi connectivity index (χ0v) is 14.5. The number of nitrogens with zero attached hydrogens (tertiary/aromatic N) is 1. The van der Waals surface area contributed by atoms with Crippen LogP contribution >= 0.6 is 0 Å². The van der Waals surface area contributed by atoms with Crippen molar-refractivity contribution in [3.63, 3.8) is 0 Å². The van der Waals surface area contributed by atoms with E-state index in [2.05, 4.69) is 20.9 Å². The van der Waals surface area contributed by atoms with Crippen LogP contribution in [-0.2, 0) is 10.3 Å². The summed E-state index contributed by atoms with van der Waals surface area (Å²) in [6.45, 7) is 3.40. The first-order chi connectivity index (χ1) is 12.3. The fraction of sp³-hybridized carbons (Fsp3) is 0.222. The summed E-state index contributed by atoms with van der Waals surface area (Å²) in [7, 11) is 1.45. The number of urea groups is 1. The Morgan fingerprint density at radius 2 is 2.00 bits per heavy atom. The number of pyridine rings is 1. The second-order valence-corrected chi connectivity index (χ2v) is 6.08. The molecule has 0 saturated carbocycles. The molecule has 1 atom stereocenters. The monoisotopic (exact) mass is 354 g/mol. The van der Waals surface area contributed by atoms with Gasteiger partial charge < -0.3 is 15.4 Å². The second kappa shape index (κ2) is 6.47. The standard InChI is InChI=1S/C18H18N4O4/c1-10-7-8-13(15(19-10)26-3)14(23)20-12-6-4-5-11(9-12)18(2)16(24)21-17(25)22-18/h4-9H,1-3H3,(H,20,23)(H2,21,22,24,25)/t18-/m0/s1. The zero-order valence-electron chi connectivity index (χ0n) is 14.5. The van der Waals surface area contributed by atoms with E-state index in [-0.39, 0.29) is 5.88 Å². The van der Waals surface area contributed by atoms with Crippen LogP contribution in [0.1, 0.15) is 28.5 Å². The van der Waals surface area contributed by atoms with Gasteiger partial charge in [-0.15, -0.1) is 0 Å². The van der Waals surface area contributed by atoms with Crippen LogP contribution in [0.2, 0.25) is 0 Å². The van der Waals surface area contributed by atoms with E-state index in [1.807, 2.05) is 0 Å². The Labute approximate surface area is 150 Å². The molecule has 1 aromatic carbocycles. The van der Waals surface area contributed by atoms with Crippen LogP contribution in [-0.4, -0.2) is 29.9 Å². The van der Waals surface area contributed by atoms with Gasteiger partial charge in [0.2, 0.25) is 5.88 Å². The summed E-state index contributed by atoms with van der Waals surface area (Å²) < 4.78 is 5.16. The molecular weight excluding hydrogens is 336 g/mol. The molecule has 4 amide bonds. The largest absolute Gasteiger partial charge is 0.480 e. The van der Waals surface area contributed by atoms with Crippen LogP contribution in [0.3, 0.4) is 0 Å². The SMILES string of the molecule is COc1nc(C)ccc1C(=O)Nc1cccc([C@]2(C)NC(=O)NC2=O)c1. The molecule has 0 spiro atoms. The number of carbonyl (C=O) groups excluding carboxylic acids is 3. The van der Waals surface area contributed by atoms with Crippen molar-refractivity contribution in [2.24, 2.45) is 0 Å². The number of ether oxygens (including phenoxy) is 1. The van der Waals surface area contributed by atoms with Crippen LogP contribution in [0, 0.1) is 6.92 Å². The minimum Gasteiger partial charge on any atom is -0.480 e. The smallest absolute Gasteiger partial charge is 0.322 e. The van der Waals surface area contributed by atoms with Crippen molar-refractivity contribution in [1.82, 2.24) is 15.6 Å². The van der Waals surface area contributed by atoms with E-state index in [1.165, 1.54) is 7.11 Å². The average molecular weight is 354 g/mol. The Morgan fingerprint density at radius 1 is 1.23 bits per heavy atom. The molecule has 1 aliphatic heterocycles. The lowest BCUT2D eigenvalue weighted by Crippen LogP contribution is -2.40. The normalized spacial score (nSPS) is 18.9. The fourth-order valence-corrected chi connectivity index (χ4v) is 2.71. The van der Waals surface area contributed by atoms with Crippen molar-refractivity contribution in [1.29, 1.82) is 0 Å². The van der Waals surface area contributed by atoms with Crippen molar-refractivity contribution in [2.75, 3.05) is 12.4 Å². The van der Waals surface area contributed by atoms with Gasteiger partial charge in [-0.2, -0.15) is 0 Å². The van der Waals surface area contributed by atoms with Crippen molar-refractivity contribution >= 4 is 23.5 Å². The summed E-state index contributed by atoms with van der Waals surface area (Å²) in [5.74, 6) is -0.611. The molecule has 1 fully saturated rings. The highest BCUT2D eigenvalue weighted by atomic mass is 16.5. The quantitative estimate of drug-likeness (QED) is 0.724. The summed E-state index contributed by atoms with van der Waals surface area (Å²) in [6.07, 6.45) is 0. The number of imide groups is 1. The highest BCUT2D eigenvalue weighted by Gasteiger charge is 2.43. The average Bonchev–Trinajstić information content (AvgIpc) is 2.88. The second-order valence-electron chi connectivity index (χ2n) is 6.08. The van der Waals surface area contributed by atoms with E-state index in [1.54, 1.807) is 50.2 Å². The van der Waals surface area contributed by atoms with Crippen LogP contribution < -0.4 is 20.7 Å². The number of nitrogens with one attached hydrogen (secondary N) is 3. The summed E-state index contributed by atoms with van der Waals surface area (Å²) in [5.41, 5.74) is 0.858. The maximum absolute atomic E-state index is 12.6. The number of anilines is 1. The molecule has 8 nitrogen and oxygen atoms in total. The van der Waals surface area contributed by atoms with E-state index >= 15 is 0 Å². The summed E-state index contributed by atoms with van der Waals surface area (Å²) in [6, 6.07) is 9.51. The first kappa shape index (κ1) is 17.4. The van der Waals surface area contributed by atoms with E-state index < -0.39 is 23.4 Å². The van der Waals surface area contributed by atoms with E-state index in [0.29, 0.717) is 16.8 Å². The molecule has 1 saturated heterocycles. The van der Waals surface area contributed by atoms with Crippen molar-refractivity contribution < 1.29 is 19.1 Å². The fourth-order valence-electron chi connectivity index (χ4n) is 2.71. The Hall–Kier alpha value is -3.42. The van der Waals surface area contributed by atoms with E-state index in [4.69, 9.17) is 4.74 Å². The van der Waals surface area contributed by atoms with Crippen LogP contribution in [0.25, 0.3) is 0 Å². The minimum atomic E-state index is -1.19. The Morgan fingerprint density at radius 3 is 2.65 bits per heavy atom. The van der Waals surface area contributed by atoms with Gasteiger partial charge in [0.25, 0.3) is 11.8 Å². The van der Waals surface area contributed by atoms with Gasteiger partial charge in [0.1, 0.15) is 11.1 Å². The van der Waals surface area contributed by atoms with Gasteiger partial charge in [0.15, 0.2) is 0 Å². The summed E-state index contributed by atoms with van der Waals surface area (Å²) >= 11 is 0. The van der Waals surface area contributed by atoms with Gasteiger partial charge in [-0.25, -0.2) is 9.78 Å². The number of rotatable bonds is 4.